The van der Waals surface area contributed by atoms with Crippen molar-refractivity contribution in [2.45, 2.75) is 64.9 Å². The molecule has 37 heavy (non-hydrogen) atoms. The van der Waals surface area contributed by atoms with Crippen molar-refractivity contribution in [1.29, 1.82) is 0 Å². The molecule has 1 aliphatic carbocycles. The number of allylic oxidation sites excluding steroid dienone is 2. The molecule has 3 rings (SSSR count). The van der Waals surface area contributed by atoms with Crippen molar-refractivity contribution in [3.8, 4) is 0 Å². The lowest BCUT2D eigenvalue weighted by Crippen LogP contribution is -2.64. The summed E-state index contributed by atoms with van der Waals surface area (Å²) in [5.74, 6) is -0.233. The lowest BCUT2D eigenvalue weighted by Gasteiger charge is -2.39. The number of ether oxygens (including phenoxy) is 2. The SMILES string of the molecule is C=C(COC)/C(=C/CCCCOC(C)=O)[Si](OC(C)C1=CCCCC1)(c1ccccc1)c1ccccc1. The van der Waals surface area contributed by atoms with E-state index in [9.17, 15) is 4.79 Å². The van der Waals surface area contributed by atoms with E-state index in [1.165, 1.54) is 35.7 Å². The molecule has 0 saturated carbocycles. The predicted octanol–water partition coefficient (Wildman–Crippen LogP) is 6.05. The van der Waals surface area contributed by atoms with Crippen molar-refractivity contribution in [3.63, 3.8) is 0 Å². The molecule has 1 aliphatic rings. The second-order valence-electron chi connectivity index (χ2n) is 9.69. The number of methoxy groups -OCH3 is 1. The summed E-state index contributed by atoms with van der Waals surface area (Å²) in [4.78, 5) is 11.1. The minimum atomic E-state index is -2.96. The molecular formula is C32H42O4Si. The molecule has 0 bridgehead atoms. The Morgan fingerprint density at radius 1 is 1.03 bits per heavy atom. The summed E-state index contributed by atoms with van der Waals surface area (Å²) in [6, 6.07) is 21.3. The summed E-state index contributed by atoms with van der Waals surface area (Å²) >= 11 is 0. The standard InChI is InChI=1S/C32H42O4Si/c1-26(25-34-4)32(23-15-8-16-24-35-28(3)33)37(30-19-11-6-12-20-30,31-21-13-7-14-22-31)36-27(2)29-17-9-5-10-18-29/h6-7,11-14,17,19-23,27H,1,5,8-10,15-16,18,24-25H2,2-4H3/b32-23-. The van der Waals surface area contributed by atoms with Crippen LogP contribution < -0.4 is 10.4 Å². The fourth-order valence-corrected chi connectivity index (χ4v) is 9.46. The molecule has 1 unspecified atom stereocenters. The van der Waals surface area contributed by atoms with Crippen LogP contribution in [0, 0.1) is 0 Å². The molecule has 0 aliphatic heterocycles. The third-order valence-corrected chi connectivity index (χ3v) is 11.2. The zero-order valence-electron chi connectivity index (χ0n) is 22.7. The highest BCUT2D eigenvalue weighted by atomic mass is 28.4. The van der Waals surface area contributed by atoms with Crippen LogP contribution in [0.2, 0.25) is 0 Å². The van der Waals surface area contributed by atoms with E-state index in [1.54, 1.807) is 7.11 Å². The molecule has 1 atom stereocenters. The van der Waals surface area contributed by atoms with Crippen molar-refractivity contribution in [3.05, 3.63) is 95.7 Å². The highest BCUT2D eigenvalue weighted by Gasteiger charge is 2.46. The Morgan fingerprint density at radius 2 is 1.68 bits per heavy atom. The van der Waals surface area contributed by atoms with Gasteiger partial charge in [0.05, 0.1) is 19.3 Å². The van der Waals surface area contributed by atoms with Crippen LogP contribution in [0.3, 0.4) is 0 Å². The first-order valence-corrected chi connectivity index (χ1v) is 15.4. The van der Waals surface area contributed by atoms with Crippen molar-refractivity contribution in [2.24, 2.45) is 0 Å². The number of esters is 1. The fraction of sp³-hybridized carbons (Fsp3) is 0.406. The number of rotatable bonds is 14. The predicted molar refractivity (Wildman–Crippen MR) is 155 cm³/mol. The van der Waals surface area contributed by atoms with E-state index in [2.05, 4.69) is 86.3 Å². The summed E-state index contributed by atoms with van der Waals surface area (Å²) in [7, 11) is -1.24. The van der Waals surface area contributed by atoms with Gasteiger partial charge < -0.3 is 13.9 Å². The Morgan fingerprint density at radius 3 is 2.22 bits per heavy atom. The van der Waals surface area contributed by atoms with Gasteiger partial charge in [0.15, 0.2) is 0 Å². The molecule has 5 heteroatoms. The zero-order chi connectivity index (χ0) is 26.5. The molecule has 0 saturated heterocycles. The van der Waals surface area contributed by atoms with Gasteiger partial charge in [-0.05, 0) is 78.6 Å². The summed E-state index contributed by atoms with van der Waals surface area (Å²) < 4.78 is 18.1. The van der Waals surface area contributed by atoms with Gasteiger partial charge in [0, 0.05) is 14.0 Å². The van der Waals surface area contributed by atoms with E-state index in [-0.39, 0.29) is 12.1 Å². The first-order chi connectivity index (χ1) is 18.0. The van der Waals surface area contributed by atoms with Crippen LogP contribution in [-0.2, 0) is 18.7 Å². The Bertz CT molecular complexity index is 1020. The normalized spacial score (nSPS) is 15.1. The van der Waals surface area contributed by atoms with Crippen molar-refractivity contribution >= 4 is 24.7 Å². The fourth-order valence-electron chi connectivity index (χ4n) is 5.09. The van der Waals surface area contributed by atoms with E-state index in [0.29, 0.717) is 13.2 Å². The van der Waals surface area contributed by atoms with E-state index in [4.69, 9.17) is 13.9 Å². The van der Waals surface area contributed by atoms with E-state index in [0.717, 1.165) is 42.9 Å². The van der Waals surface area contributed by atoms with Crippen LogP contribution in [0.1, 0.15) is 58.8 Å². The summed E-state index contributed by atoms with van der Waals surface area (Å²) in [6.07, 6.45) is 11.9. The van der Waals surface area contributed by atoms with Crippen LogP contribution in [0.4, 0.5) is 0 Å². The Hall–Kier alpha value is -2.73. The smallest absolute Gasteiger partial charge is 0.302 e. The zero-order valence-corrected chi connectivity index (χ0v) is 23.7. The second kappa shape index (κ2) is 14.9. The molecule has 2 aromatic carbocycles. The van der Waals surface area contributed by atoms with Gasteiger partial charge in [-0.25, -0.2) is 0 Å². The maximum Gasteiger partial charge on any atom is 0.302 e. The van der Waals surface area contributed by atoms with Crippen LogP contribution in [0.5, 0.6) is 0 Å². The van der Waals surface area contributed by atoms with Gasteiger partial charge in [-0.1, -0.05) is 79.4 Å². The quantitative estimate of drug-likeness (QED) is 0.100. The van der Waals surface area contributed by atoms with Gasteiger partial charge in [0.25, 0.3) is 8.32 Å². The number of hydrogen-bond acceptors (Lipinski definition) is 4. The number of hydrogen-bond donors (Lipinski definition) is 0. The molecule has 198 valence electrons. The van der Waals surface area contributed by atoms with Crippen molar-refractivity contribution < 1.29 is 18.7 Å². The molecular weight excluding hydrogens is 476 g/mol. The van der Waals surface area contributed by atoms with E-state index < -0.39 is 8.32 Å². The van der Waals surface area contributed by atoms with Gasteiger partial charge >= 0.3 is 5.97 Å². The first kappa shape index (κ1) is 28.8. The number of benzene rings is 2. The second-order valence-corrected chi connectivity index (χ2v) is 13.0. The average molecular weight is 519 g/mol. The van der Waals surface area contributed by atoms with Crippen LogP contribution in [0.15, 0.2) is 95.7 Å². The lowest BCUT2D eigenvalue weighted by atomic mass is 9.96. The van der Waals surface area contributed by atoms with Crippen LogP contribution >= 0.6 is 0 Å². The molecule has 0 amide bonds. The van der Waals surface area contributed by atoms with Crippen molar-refractivity contribution in [1.82, 2.24) is 0 Å². The third kappa shape index (κ3) is 7.87. The monoisotopic (exact) mass is 518 g/mol. The molecule has 0 fully saturated rings. The topological polar surface area (TPSA) is 44.8 Å². The van der Waals surface area contributed by atoms with Gasteiger partial charge in [0.2, 0.25) is 0 Å². The molecule has 0 spiro atoms. The maximum absolute atomic E-state index is 11.1. The minimum absolute atomic E-state index is 0.00455. The van der Waals surface area contributed by atoms with Gasteiger partial charge in [-0.2, -0.15) is 0 Å². The van der Waals surface area contributed by atoms with E-state index in [1.807, 2.05) is 0 Å². The maximum atomic E-state index is 11.1. The molecule has 4 nitrogen and oxygen atoms in total. The Kier molecular flexibility index (Phi) is 11.6. The van der Waals surface area contributed by atoms with E-state index >= 15 is 0 Å². The summed E-state index contributed by atoms with van der Waals surface area (Å²) in [5.41, 5.74) is 2.35. The van der Waals surface area contributed by atoms with Gasteiger partial charge in [0.1, 0.15) is 0 Å². The molecule has 2 aromatic rings. The Balaban J connectivity index is 2.11. The largest absolute Gasteiger partial charge is 0.466 e. The van der Waals surface area contributed by atoms with Crippen molar-refractivity contribution in [2.75, 3.05) is 20.3 Å². The summed E-state index contributed by atoms with van der Waals surface area (Å²) in [6.45, 7) is 9.04. The van der Waals surface area contributed by atoms with Crippen LogP contribution in [0.25, 0.3) is 0 Å². The Labute approximate surface area is 224 Å². The highest BCUT2D eigenvalue weighted by molar-refractivity contribution is 7.03. The van der Waals surface area contributed by atoms with Crippen LogP contribution in [-0.4, -0.2) is 40.7 Å². The molecule has 0 heterocycles. The van der Waals surface area contributed by atoms with Gasteiger partial charge in [-0.3, -0.25) is 4.79 Å². The number of unbranched alkanes of at least 4 members (excludes halogenated alkanes) is 2. The molecule has 0 aromatic heterocycles. The number of carbonyl (C=O) groups excluding carboxylic acids is 1. The molecule has 0 radical (unpaired) electrons. The highest BCUT2D eigenvalue weighted by Crippen LogP contribution is 2.30. The summed E-state index contributed by atoms with van der Waals surface area (Å²) in [5, 5.41) is 3.56. The third-order valence-electron chi connectivity index (χ3n) is 6.89. The molecule has 0 N–H and O–H groups in total. The first-order valence-electron chi connectivity index (χ1n) is 13.5. The van der Waals surface area contributed by atoms with Gasteiger partial charge in [-0.15, -0.1) is 0 Å². The minimum Gasteiger partial charge on any atom is -0.466 e. The average Bonchev–Trinajstić information content (AvgIpc) is 2.93. The lowest BCUT2D eigenvalue weighted by molar-refractivity contribution is -0.141. The number of carbonyl (C=O) groups is 1.